The van der Waals surface area contributed by atoms with E-state index in [0.29, 0.717) is 0 Å². The van der Waals surface area contributed by atoms with Gasteiger partial charge in [0.05, 0.1) is 11.5 Å². The van der Waals surface area contributed by atoms with E-state index in [2.05, 4.69) is 0 Å². The van der Waals surface area contributed by atoms with Gasteiger partial charge in [-0.25, -0.2) is 0 Å². The number of piperidine rings is 1. The lowest BCUT2D eigenvalue weighted by atomic mass is 9.75. The zero-order chi connectivity index (χ0) is 12.7. The zero-order valence-corrected chi connectivity index (χ0v) is 10.1. The van der Waals surface area contributed by atoms with Crippen LogP contribution in [0.3, 0.4) is 0 Å². The van der Waals surface area contributed by atoms with Gasteiger partial charge in [0.2, 0.25) is 0 Å². The van der Waals surface area contributed by atoms with Crippen LogP contribution in [0, 0.1) is 11.8 Å². The average Bonchev–Trinajstić information content (AvgIpc) is 2.13. The van der Waals surface area contributed by atoms with Crippen molar-refractivity contribution in [3.8, 4) is 0 Å². The van der Waals surface area contributed by atoms with E-state index in [4.69, 9.17) is 5.11 Å². The number of aliphatic carboxylic acids is 1. The quantitative estimate of drug-likeness (QED) is 0.768. The molecule has 0 saturated carbocycles. The molecule has 91 valence electrons. The third kappa shape index (κ3) is 2.10. The average molecular weight is 228 g/mol. The van der Waals surface area contributed by atoms with Crippen molar-refractivity contribution < 1.29 is 19.9 Å². The molecule has 0 bridgehead atoms. The molecule has 1 heterocycles. The Morgan fingerprint density at radius 2 is 2.06 bits per heavy atom. The van der Waals surface area contributed by atoms with Crippen molar-refractivity contribution in [1.82, 2.24) is 5.06 Å². The molecule has 5 heteroatoms. The van der Waals surface area contributed by atoms with Crippen LogP contribution in [0.1, 0.15) is 34.1 Å². The molecule has 1 aliphatic rings. The number of ketones is 1. The molecule has 0 amide bonds. The summed E-state index contributed by atoms with van der Waals surface area (Å²) in [5.74, 6) is -2.67. The number of hydrogen-bond donors (Lipinski definition) is 1. The summed E-state index contributed by atoms with van der Waals surface area (Å²) in [4.78, 5) is 22.8. The zero-order valence-electron chi connectivity index (χ0n) is 10.1. The summed E-state index contributed by atoms with van der Waals surface area (Å²) in [5, 5.41) is 21.7. The minimum Gasteiger partial charge on any atom is -0.481 e. The Labute approximate surface area is 95.0 Å². The topological polar surface area (TPSA) is 77.5 Å². The van der Waals surface area contributed by atoms with Crippen molar-refractivity contribution >= 4 is 11.8 Å². The van der Waals surface area contributed by atoms with Gasteiger partial charge in [-0.2, -0.15) is 0 Å². The number of hydroxylamine groups is 2. The molecular weight excluding hydrogens is 210 g/mol. The Bertz CT molecular complexity index is 313. The van der Waals surface area contributed by atoms with Crippen LogP contribution in [0.4, 0.5) is 0 Å². The maximum absolute atomic E-state index is 11.9. The Hall–Kier alpha value is -0.940. The van der Waals surface area contributed by atoms with Crippen LogP contribution in [0.5, 0.6) is 0 Å². The van der Waals surface area contributed by atoms with E-state index in [1.807, 2.05) is 0 Å². The number of nitrogens with zero attached hydrogens (tertiary/aromatic N) is 1. The number of carboxylic acid groups (broad SMARTS) is 1. The van der Waals surface area contributed by atoms with Crippen molar-refractivity contribution in [3.63, 3.8) is 0 Å². The lowest BCUT2D eigenvalue weighted by molar-refractivity contribution is -0.263. The molecule has 0 aliphatic carbocycles. The van der Waals surface area contributed by atoms with E-state index in [0.717, 1.165) is 5.06 Å². The molecule has 0 aromatic heterocycles. The molecule has 0 aromatic carbocycles. The number of Topliss-reactive ketones (excluding diaryl/α,β-unsaturated/α-hetero) is 1. The fourth-order valence-electron chi connectivity index (χ4n) is 2.44. The second-order valence-electron chi connectivity index (χ2n) is 5.17. The predicted octanol–water partition coefficient (Wildman–Crippen LogP) is 1.11. The number of carbonyl (C=O) groups excluding carboxylic acids is 1. The van der Waals surface area contributed by atoms with Crippen LogP contribution in [0.25, 0.3) is 0 Å². The van der Waals surface area contributed by atoms with Gasteiger partial charge in [0.1, 0.15) is 5.78 Å². The fraction of sp³-hybridized carbons (Fsp3) is 0.818. The molecule has 1 N–H and O–H groups in total. The predicted molar refractivity (Wildman–Crippen MR) is 56.0 cm³/mol. The molecule has 0 aromatic rings. The Morgan fingerprint density at radius 3 is 2.50 bits per heavy atom. The van der Waals surface area contributed by atoms with E-state index in [1.165, 1.54) is 6.92 Å². The highest BCUT2D eigenvalue weighted by molar-refractivity contribution is 5.88. The summed E-state index contributed by atoms with van der Waals surface area (Å²) in [6.07, 6.45) is 0.114. The molecule has 1 aliphatic heterocycles. The first-order chi connectivity index (χ1) is 7.18. The molecule has 1 saturated heterocycles. The highest BCUT2D eigenvalue weighted by Gasteiger charge is 2.48. The summed E-state index contributed by atoms with van der Waals surface area (Å²) in [7, 11) is 0. The van der Waals surface area contributed by atoms with E-state index >= 15 is 0 Å². The molecule has 0 spiro atoms. The van der Waals surface area contributed by atoms with Gasteiger partial charge in [0.25, 0.3) is 0 Å². The lowest BCUT2D eigenvalue weighted by Crippen LogP contribution is -2.58. The minimum absolute atomic E-state index is 0.114. The van der Waals surface area contributed by atoms with Gasteiger partial charge in [0, 0.05) is 18.4 Å². The van der Waals surface area contributed by atoms with E-state index in [9.17, 15) is 14.8 Å². The maximum atomic E-state index is 11.9. The van der Waals surface area contributed by atoms with Gasteiger partial charge in [0.15, 0.2) is 0 Å². The SMILES string of the molecule is CC(C(=O)O)C1C(=O)CC(C)(C)N([O])C1C. The van der Waals surface area contributed by atoms with Crippen molar-refractivity contribution in [2.75, 3.05) is 0 Å². The molecule has 5 nitrogen and oxygen atoms in total. The van der Waals surface area contributed by atoms with E-state index in [-0.39, 0.29) is 12.2 Å². The molecule has 3 unspecified atom stereocenters. The van der Waals surface area contributed by atoms with Crippen LogP contribution in [-0.2, 0) is 14.8 Å². The standard InChI is InChI=1S/C11H18NO4/c1-6(10(14)15)9-7(2)12(16)11(3,4)5-8(9)13/h6-7,9H,5H2,1-4H3,(H,14,15). The first kappa shape index (κ1) is 13.1. The van der Waals surface area contributed by atoms with Crippen molar-refractivity contribution in [2.24, 2.45) is 11.8 Å². The molecule has 1 radical (unpaired) electrons. The number of rotatable bonds is 2. The van der Waals surface area contributed by atoms with Crippen LogP contribution >= 0.6 is 0 Å². The summed E-state index contributed by atoms with van der Waals surface area (Å²) >= 11 is 0. The summed E-state index contributed by atoms with van der Waals surface area (Å²) in [5.41, 5.74) is -0.731. The minimum atomic E-state index is -1.03. The lowest BCUT2D eigenvalue weighted by Gasteiger charge is -2.44. The maximum Gasteiger partial charge on any atom is 0.307 e. The third-order valence-corrected chi connectivity index (χ3v) is 3.39. The van der Waals surface area contributed by atoms with Crippen molar-refractivity contribution in [2.45, 2.75) is 45.7 Å². The van der Waals surface area contributed by atoms with E-state index < -0.39 is 29.4 Å². The number of carboxylic acids is 1. The highest BCUT2D eigenvalue weighted by atomic mass is 16.5. The van der Waals surface area contributed by atoms with Crippen LogP contribution in [0.2, 0.25) is 0 Å². The highest BCUT2D eigenvalue weighted by Crippen LogP contribution is 2.35. The van der Waals surface area contributed by atoms with Gasteiger partial charge in [-0.05, 0) is 20.8 Å². The third-order valence-electron chi connectivity index (χ3n) is 3.39. The van der Waals surface area contributed by atoms with E-state index in [1.54, 1.807) is 20.8 Å². The smallest absolute Gasteiger partial charge is 0.307 e. The molecule has 1 fully saturated rings. The van der Waals surface area contributed by atoms with Gasteiger partial charge < -0.3 is 5.11 Å². The summed E-state index contributed by atoms with van der Waals surface area (Å²) in [6, 6.07) is -0.581. The molecule has 3 atom stereocenters. The van der Waals surface area contributed by atoms with Gasteiger partial charge in [-0.15, -0.1) is 10.3 Å². The van der Waals surface area contributed by atoms with Gasteiger partial charge in [-0.1, -0.05) is 6.92 Å². The Morgan fingerprint density at radius 1 is 1.56 bits per heavy atom. The monoisotopic (exact) mass is 228 g/mol. The van der Waals surface area contributed by atoms with Gasteiger partial charge in [-0.3, -0.25) is 9.59 Å². The van der Waals surface area contributed by atoms with Crippen LogP contribution < -0.4 is 0 Å². The summed E-state index contributed by atoms with van der Waals surface area (Å²) in [6.45, 7) is 6.51. The van der Waals surface area contributed by atoms with Crippen LogP contribution in [-0.4, -0.2) is 33.5 Å². The molecule has 1 rings (SSSR count). The van der Waals surface area contributed by atoms with Crippen LogP contribution in [0.15, 0.2) is 0 Å². The second-order valence-corrected chi connectivity index (χ2v) is 5.17. The second kappa shape index (κ2) is 4.14. The normalized spacial score (nSPS) is 32.4. The van der Waals surface area contributed by atoms with Crippen molar-refractivity contribution in [3.05, 3.63) is 0 Å². The number of carbonyl (C=O) groups is 2. The largest absolute Gasteiger partial charge is 0.481 e. The Kier molecular flexibility index (Phi) is 3.40. The first-order valence-electron chi connectivity index (χ1n) is 5.40. The van der Waals surface area contributed by atoms with Gasteiger partial charge >= 0.3 is 5.97 Å². The van der Waals surface area contributed by atoms with Crippen molar-refractivity contribution in [1.29, 1.82) is 0 Å². The molecule has 16 heavy (non-hydrogen) atoms. The Balaban J connectivity index is 2.97. The molecular formula is C11H18NO4. The number of hydrogen-bond acceptors (Lipinski definition) is 3. The fourth-order valence-corrected chi connectivity index (χ4v) is 2.44. The first-order valence-corrected chi connectivity index (χ1v) is 5.40. The summed E-state index contributed by atoms with van der Waals surface area (Å²) < 4.78 is 0.